The SMILES string of the molecule is CC[C@H](C)[C@H]1NC(=O)[C@H](NC(=O)Oc2ccccc2)[C@@H](C)OC(=O)[C@H](Cc2ccc(OC)cc2)N(C)C(=O)[C@@H]2CCCN2C(=O)[C@H](CC(C)C)NC(=O)[C@@H](C)C(=O)[C@H](C(C)C)OC(=O)C[C@@H]1O. The largest absolute Gasteiger partial charge is 0.497 e. The number of Topliss-reactive ketones (excluding diaryl/α,β-unsaturated/α-hetero) is 1. The normalized spacial score (nSPS) is 27.1. The first kappa shape index (κ1) is 53.6. The molecular weight excluding hydrogens is 867 g/mol. The highest BCUT2D eigenvalue weighted by Gasteiger charge is 2.44. The number of aliphatic hydroxyl groups excluding tert-OH is 1. The van der Waals surface area contributed by atoms with Crippen molar-refractivity contribution in [3.05, 3.63) is 60.2 Å². The van der Waals surface area contributed by atoms with Crippen molar-refractivity contribution >= 4 is 47.4 Å². The number of ketones is 1. The van der Waals surface area contributed by atoms with Crippen molar-refractivity contribution in [1.29, 1.82) is 0 Å². The second-order valence-corrected chi connectivity index (χ2v) is 18.3. The van der Waals surface area contributed by atoms with E-state index in [1.165, 1.54) is 49.9 Å². The number of hydrogen-bond acceptors (Lipinski definition) is 13. The fourth-order valence-electron chi connectivity index (χ4n) is 8.22. The van der Waals surface area contributed by atoms with E-state index in [4.69, 9.17) is 18.9 Å². The molecule has 10 atom stereocenters. The maximum absolute atomic E-state index is 14.7. The summed E-state index contributed by atoms with van der Waals surface area (Å²) in [5, 5.41) is 19.5. The second-order valence-electron chi connectivity index (χ2n) is 18.3. The van der Waals surface area contributed by atoms with E-state index in [-0.39, 0.29) is 37.5 Å². The molecule has 18 nitrogen and oxygen atoms in total. The second kappa shape index (κ2) is 24.6. The van der Waals surface area contributed by atoms with Crippen molar-refractivity contribution in [3.63, 3.8) is 0 Å². The molecule has 368 valence electrons. The third-order valence-corrected chi connectivity index (χ3v) is 12.4. The van der Waals surface area contributed by atoms with Crippen LogP contribution in [0, 0.1) is 23.7 Å². The summed E-state index contributed by atoms with van der Waals surface area (Å²) in [6, 6.07) is 8.49. The van der Waals surface area contributed by atoms with Gasteiger partial charge >= 0.3 is 18.0 Å². The minimum absolute atomic E-state index is 0.0769. The van der Waals surface area contributed by atoms with Crippen LogP contribution in [0.15, 0.2) is 54.6 Å². The molecule has 0 aromatic heterocycles. The van der Waals surface area contributed by atoms with E-state index in [1.807, 2.05) is 13.8 Å². The van der Waals surface area contributed by atoms with Gasteiger partial charge in [0.2, 0.25) is 23.6 Å². The third-order valence-electron chi connectivity index (χ3n) is 12.4. The molecule has 18 heteroatoms. The lowest BCUT2D eigenvalue weighted by Gasteiger charge is -2.35. The Bertz CT molecular complexity index is 2050. The van der Waals surface area contributed by atoms with Crippen LogP contribution in [-0.2, 0) is 49.5 Å². The lowest BCUT2D eigenvalue weighted by atomic mass is 9.91. The first-order valence-electron chi connectivity index (χ1n) is 23.1. The number of aliphatic hydroxyl groups is 1. The first-order chi connectivity index (χ1) is 31.7. The number of fused-ring (bicyclic) bond motifs is 1. The minimum atomic E-state index is -1.66. The number of carbonyl (C=O) groups excluding carboxylic acids is 8. The molecular formula is C49H69N5O13. The van der Waals surface area contributed by atoms with E-state index in [2.05, 4.69) is 16.0 Å². The van der Waals surface area contributed by atoms with Crippen molar-refractivity contribution in [1.82, 2.24) is 25.8 Å². The highest BCUT2D eigenvalue weighted by atomic mass is 16.6. The van der Waals surface area contributed by atoms with Crippen molar-refractivity contribution in [3.8, 4) is 11.5 Å². The van der Waals surface area contributed by atoms with E-state index in [0.29, 0.717) is 24.2 Å². The Kier molecular flexibility index (Phi) is 19.7. The maximum atomic E-state index is 14.7. The number of carbonyl (C=O) groups is 8. The number of methoxy groups -OCH3 is 1. The fraction of sp³-hybridized carbons (Fsp3) is 0.592. The van der Waals surface area contributed by atoms with Crippen molar-refractivity contribution in [2.24, 2.45) is 23.7 Å². The van der Waals surface area contributed by atoms with Crippen LogP contribution in [-0.4, -0.2) is 132 Å². The molecule has 2 heterocycles. The van der Waals surface area contributed by atoms with Gasteiger partial charge in [-0.2, -0.15) is 0 Å². The van der Waals surface area contributed by atoms with Crippen molar-refractivity contribution in [2.45, 2.75) is 142 Å². The van der Waals surface area contributed by atoms with Crippen molar-refractivity contribution in [2.75, 3.05) is 20.7 Å². The van der Waals surface area contributed by atoms with E-state index in [1.54, 1.807) is 70.2 Å². The van der Waals surface area contributed by atoms with Gasteiger partial charge < -0.3 is 49.8 Å². The van der Waals surface area contributed by atoms with Gasteiger partial charge in [0.1, 0.15) is 41.8 Å². The summed E-state index contributed by atoms with van der Waals surface area (Å²) in [4.78, 5) is 115. The van der Waals surface area contributed by atoms with Crippen LogP contribution >= 0.6 is 0 Å². The zero-order valence-corrected chi connectivity index (χ0v) is 40.3. The molecule has 0 aliphatic carbocycles. The van der Waals surface area contributed by atoms with Gasteiger partial charge in [-0.1, -0.05) is 78.3 Å². The number of likely N-dealkylation sites (N-methyl/N-ethyl adjacent to an activating group) is 1. The van der Waals surface area contributed by atoms with Crippen LogP contribution < -0.4 is 25.4 Å². The molecule has 2 aliphatic heterocycles. The summed E-state index contributed by atoms with van der Waals surface area (Å²) in [6.07, 6.45) is -5.02. The van der Waals surface area contributed by atoms with Gasteiger partial charge in [0, 0.05) is 20.0 Å². The Morgan fingerprint density at radius 3 is 2.13 bits per heavy atom. The molecule has 4 N–H and O–H groups in total. The summed E-state index contributed by atoms with van der Waals surface area (Å²) in [7, 11) is 2.92. The van der Waals surface area contributed by atoms with E-state index >= 15 is 0 Å². The Morgan fingerprint density at radius 2 is 1.54 bits per heavy atom. The quantitative estimate of drug-likeness (QED) is 0.197. The molecule has 5 amide bonds. The van der Waals surface area contributed by atoms with E-state index in [9.17, 15) is 43.5 Å². The third kappa shape index (κ3) is 14.5. The Labute approximate surface area is 393 Å². The lowest BCUT2D eigenvalue weighted by Crippen LogP contribution is -2.59. The maximum Gasteiger partial charge on any atom is 0.413 e. The molecule has 0 unspecified atom stereocenters. The monoisotopic (exact) mass is 935 g/mol. The molecule has 2 aliphatic rings. The highest BCUT2D eigenvalue weighted by Crippen LogP contribution is 2.26. The highest BCUT2D eigenvalue weighted by molar-refractivity contribution is 6.05. The molecule has 67 heavy (non-hydrogen) atoms. The smallest absolute Gasteiger partial charge is 0.413 e. The van der Waals surface area contributed by atoms with Gasteiger partial charge in [0.25, 0.3) is 0 Å². The van der Waals surface area contributed by atoms with E-state index < -0.39 is 120 Å². The van der Waals surface area contributed by atoms with Gasteiger partial charge in [-0.3, -0.25) is 28.8 Å². The summed E-state index contributed by atoms with van der Waals surface area (Å²) < 4.78 is 22.4. The number of nitrogens with zero attached hydrogens (tertiary/aromatic N) is 2. The lowest BCUT2D eigenvalue weighted by molar-refractivity contribution is -0.162. The topological polar surface area (TPSA) is 236 Å². The number of cyclic esters (lactones) is 2. The first-order valence-corrected chi connectivity index (χ1v) is 23.1. The predicted octanol–water partition coefficient (Wildman–Crippen LogP) is 3.74. The van der Waals surface area contributed by atoms with Gasteiger partial charge in [-0.05, 0) is 80.7 Å². The van der Waals surface area contributed by atoms with Crippen LogP contribution in [0.1, 0.15) is 93.1 Å². The molecule has 0 bridgehead atoms. The zero-order valence-electron chi connectivity index (χ0n) is 40.3. The molecule has 2 saturated heterocycles. The molecule has 2 aromatic rings. The summed E-state index contributed by atoms with van der Waals surface area (Å²) in [5.74, 6) is -7.38. The van der Waals surface area contributed by atoms with Crippen LogP contribution in [0.5, 0.6) is 11.5 Å². The summed E-state index contributed by atoms with van der Waals surface area (Å²) in [6.45, 7) is 13.4. The number of ether oxygens (including phenoxy) is 4. The average Bonchev–Trinajstić information content (AvgIpc) is 3.79. The number of rotatable bonds is 10. The van der Waals surface area contributed by atoms with E-state index in [0.717, 1.165) is 0 Å². The molecule has 4 rings (SSSR count). The number of benzene rings is 2. The van der Waals surface area contributed by atoms with Gasteiger partial charge in [-0.25, -0.2) is 9.59 Å². The number of nitrogens with one attached hydrogen (secondary N) is 3. The summed E-state index contributed by atoms with van der Waals surface area (Å²) >= 11 is 0. The number of esters is 2. The summed E-state index contributed by atoms with van der Waals surface area (Å²) in [5.41, 5.74) is 0.609. The van der Waals surface area contributed by atoms with Gasteiger partial charge in [-0.15, -0.1) is 0 Å². The number of amides is 5. The number of hydrogen-bond donors (Lipinski definition) is 4. The standard InChI is InChI=1S/C49H69N5O13/c1-11-29(6)40-38(55)26-39(56)67-43(28(4)5)42(57)30(7)44(58)50-35(24-27(2)3)46(60)54-23-15-18-36(54)47(61)53(9)37(25-32-19-21-33(64-10)22-20-32)48(62)65-31(8)41(45(59)51-40)52-49(63)66-34-16-13-12-14-17-34/h12-14,16-17,19-22,27-31,35-38,40-41,43,55H,11,15,18,23-26H2,1-10H3,(H,50,58)(H,51,59)(H,52,63)/t29-,30-,31+,35-,36-,37-,38-,40+,41+,43-/m0/s1. The molecule has 0 spiro atoms. The molecule has 0 radical (unpaired) electrons. The van der Waals surface area contributed by atoms with Gasteiger partial charge in [0.15, 0.2) is 11.9 Å². The average molecular weight is 936 g/mol. The van der Waals surface area contributed by atoms with Crippen LogP contribution in [0.4, 0.5) is 4.79 Å². The zero-order chi connectivity index (χ0) is 49.7. The van der Waals surface area contributed by atoms with Crippen molar-refractivity contribution < 1.29 is 62.4 Å². The van der Waals surface area contributed by atoms with Crippen LogP contribution in [0.2, 0.25) is 0 Å². The van der Waals surface area contributed by atoms with Crippen LogP contribution in [0.25, 0.3) is 0 Å². The van der Waals surface area contributed by atoms with Crippen LogP contribution in [0.3, 0.4) is 0 Å². The molecule has 2 aromatic carbocycles. The Hall–Kier alpha value is -6.04. The van der Waals surface area contributed by atoms with Gasteiger partial charge in [0.05, 0.1) is 31.6 Å². The fourth-order valence-corrected chi connectivity index (χ4v) is 8.22. The minimum Gasteiger partial charge on any atom is -0.497 e. The Morgan fingerprint density at radius 1 is 0.881 bits per heavy atom. The number of para-hydroxylation sites is 1. The molecule has 0 saturated carbocycles. The Balaban J connectivity index is 1.83. The predicted molar refractivity (Wildman–Crippen MR) is 245 cm³/mol. The molecule has 2 fully saturated rings.